The van der Waals surface area contributed by atoms with E-state index in [1.807, 2.05) is 0 Å². The van der Waals surface area contributed by atoms with Crippen molar-refractivity contribution in [3.8, 4) is 39.7 Å². The fourth-order valence-electron chi connectivity index (χ4n) is 8.48. The second-order valence-electron chi connectivity index (χ2n) is 15.8. The highest BCUT2D eigenvalue weighted by atomic mass is 16.5. The first-order valence-corrected chi connectivity index (χ1v) is 20.5. The number of carboxylic acids is 3. The monoisotopic (exact) mass is 887 g/mol. The second kappa shape index (κ2) is 16.7. The summed E-state index contributed by atoms with van der Waals surface area (Å²) in [5.41, 5.74) is 7.93. The van der Waals surface area contributed by atoms with Crippen molar-refractivity contribution in [3.05, 3.63) is 163 Å². The summed E-state index contributed by atoms with van der Waals surface area (Å²) in [7, 11) is 0. The molecule has 0 bridgehead atoms. The molecule has 1 fully saturated rings. The number of nitrogens with two attached hydrogens (primary N) is 1. The Morgan fingerprint density at radius 2 is 1.42 bits per heavy atom. The summed E-state index contributed by atoms with van der Waals surface area (Å²) in [4.78, 5) is 76.3. The van der Waals surface area contributed by atoms with Crippen LogP contribution in [0, 0.1) is 0 Å². The Morgan fingerprint density at radius 3 is 2.20 bits per heavy atom. The van der Waals surface area contributed by atoms with E-state index in [2.05, 4.69) is 17.2 Å². The number of hydrogen-bond donors (Lipinski definition) is 7. The molecule has 9 rings (SSSR count). The molecule has 3 aliphatic heterocycles. The molecular formula is C50H37N3O13. The number of ether oxygens (including phenoxy) is 2. The molecule has 2 amide bonds. The number of amides is 2. The maximum atomic E-state index is 13.5. The predicted molar refractivity (Wildman–Crippen MR) is 239 cm³/mol. The van der Waals surface area contributed by atoms with Crippen LogP contribution in [0.5, 0.6) is 17.2 Å². The van der Waals surface area contributed by atoms with Gasteiger partial charge in [0.05, 0.1) is 34.9 Å². The lowest BCUT2D eigenvalue weighted by molar-refractivity contribution is -0.132. The second-order valence-corrected chi connectivity index (χ2v) is 15.8. The molecule has 0 radical (unpaired) electrons. The number of benzene rings is 6. The van der Waals surface area contributed by atoms with E-state index >= 15 is 0 Å². The van der Waals surface area contributed by atoms with Gasteiger partial charge in [-0.3, -0.25) is 14.4 Å². The van der Waals surface area contributed by atoms with E-state index in [1.54, 1.807) is 42.5 Å². The minimum atomic E-state index is -1.40. The van der Waals surface area contributed by atoms with Gasteiger partial charge in [-0.25, -0.2) is 14.4 Å². The number of nitrogens with one attached hydrogen (secondary N) is 2. The van der Waals surface area contributed by atoms with E-state index < -0.39 is 47.4 Å². The van der Waals surface area contributed by atoms with Crippen LogP contribution in [-0.2, 0) is 16.1 Å². The van der Waals surface area contributed by atoms with Crippen molar-refractivity contribution in [2.24, 2.45) is 0 Å². The van der Waals surface area contributed by atoms with Gasteiger partial charge in [0, 0.05) is 62.8 Å². The van der Waals surface area contributed by atoms with E-state index in [-0.39, 0.29) is 70.0 Å². The normalized spacial score (nSPS) is 15.1. The summed E-state index contributed by atoms with van der Waals surface area (Å²) in [6, 6.07) is 25.2. The minimum absolute atomic E-state index is 0.00334. The average molecular weight is 888 g/mol. The van der Waals surface area contributed by atoms with Gasteiger partial charge < -0.3 is 50.7 Å². The van der Waals surface area contributed by atoms with Gasteiger partial charge >= 0.3 is 17.9 Å². The molecule has 4 aliphatic rings. The number of carbonyl (C=O) groups is 5. The number of anilines is 1. The van der Waals surface area contributed by atoms with E-state index in [9.17, 15) is 49.2 Å². The standard InChI is InChI=1S/C50H37N3O13/c1-23-2-8-31-40(16-23)65-41-19-26(51)5-11-32(41)43(31)29-9-3-24(17-35(29)49(60)61)46(56)52-21-28-7-15-39(64-28)47(57)53-22-37-38(55)14-13-34-44(33-12-6-27(54)20-42(33)66-45(34)37)30-10-4-25(48(58)59)18-36(30)50(62)63/h2-6,8-14,16-20,28,39,55H,1,7,15,21-22,51H2,(H,52,56)(H,53,57)(H,58,59)(H,60,61)(H,62,63). The summed E-state index contributed by atoms with van der Waals surface area (Å²) in [5.74, 6) is -4.39. The number of nitrogen functional groups attached to an aromatic ring is 1. The maximum Gasteiger partial charge on any atom is 0.336 e. The third-order valence-corrected chi connectivity index (χ3v) is 11.6. The molecule has 330 valence electrons. The van der Waals surface area contributed by atoms with Crippen LogP contribution in [0.4, 0.5) is 5.69 Å². The minimum Gasteiger partial charge on any atom is -0.507 e. The molecule has 5 aromatic carbocycles. The summed E-state index contributed by atoms with van der Waals surface area (Å²) in [6.45, 7) is 3.69. The van der Waals surface area contributed by atoms with Crippen LogP contribution in [0.3, 0.4) is 0 Å². The predicted octanol–water partition coefficient (Wildman–Crippen LogP) is 5.30. The number of hydrogen-bond acceptors (Lipinski definition) is 11. The molecule has 0 aromatic heterocycles. The molecular weight excluding hydrogens is 851 g/mol. The molecule has 1 saturated heterocycles. The van der Waals surface area contributed by atoms with Crippen LogP contribution < -0.4 is 37.0 Å². The van der Waals surface area contributed by atoms with E-state index in [0.29, 0.717) is 67.3 Å². The Hall–Kier alpha value is -8.76. The van der Waals surface area contributed by atoms with Crippen molar-refractivity contribution in [1.82, 2.24) is 10.6 Å². The molecule has 0 spiro atoms. The van der Waals surface area contributed by atoms with Crippen LogP contribution >= 0.6 is 0 Å². The lowest BCUT2D eigenvalue weighted by Gasteiger charge is -2.22. The molecule has 1 aliphatic carbocycles. The van der Waals surface area contributed by atoms with Crippen molar-refractivity contribution in [2.75, 3.05) is 12.3 Å². The zero-order chi connectivity index (χ0) is 46.6. The van der Waals surface area contributed by atoms with Gasteiger partial charge in [-0.1, -0.05) is 30.8 Å². The summed E-state index contributed by atoms with van der Waals surface area (Å²) < 4.78 is 18.3. The maximum absolute atomic E-state index is 13.5. The molecule has 16 nitrogen and oxygen atoms in total. The highest BCUT2D eigenvalue weighted by Gasteiger charge is 2.32. The Labute approximate surface area is 372 Å². The number of carbonyl (C=O) groups excluding carboxylic acids is 2. The van der Waals surface area contributed by atoms with E-state index in [1.165, 1.54) is 54.6 Å². The number of fused-ring (bicyclic) bond motifs is 4. The van der Waals surface area contributed by atoms with Crippen molar-refractivity contribution >= 4 is 58.5 Å². The first-order chi connectivity index (χ1) is 31.6. The van der Waals surface area contributed by atoms with Crippen LogP contribution in [-0.4, -0.2) is 68.9 Å². The third kappa shape index (κ3) is 7.81. The number of carboxylic acid groups (broad SMARTS) is 3. The quantitative estimate of drug-likeness (QED) is 0.0642. The molecule has 3 heterocycles. The van der Waals surface area contributed by atoms with Gasteiger partial charge in [0.2, 0.25) is 5.91 Å². The third-order valence-electron chi connectivity index (χ3n) is 11.6. The molecule has 66 heavy (non-hydrogen) atoms. The molecule has 5 aromatic rings. The number of aromatic hydroxyl groups is 1. The molecule has 8 N–H and O–H groups in total. The Kier molecular flexibility index (Phi) is 10.8. The zero-order valence-corrected chi connectivity index (χ0v) is 34.5. The summed E-state index contributed by atoms with van der Waals surface area (Å²) in [6.07, 6.45) is -0.842. The van der Waals surface area contributed by atoms with Gasteiger partial charge in [-0.05, 0) is 95.9 Å². The fraction of sp³-hybridized carbons (Fsp3) is 0.120. The highest BCUT2D eigenvalue weighted by molar-refractivity contribution is 6.09. The number of rotatable bonds is 11. The SMILES string of the molecule is C=c1ccc2c(c1)Oc1cc(N)ccc1C=2c1ccc(C(=O)NCC2CCC(C(=O)NCc3c(O)ccc4c(-c5ccc(C(=O)O)cc5C(=O)O)c5ccc(=O)cc-5oc34)O2)cc1C(=O)O. The lowest BCUT2D eigenvalue weighted by atomic mass is 9.88. The number of phenolic OH excluding ortho intramolecular Hbond substituents is 1. The van der Waals surface area contributed by atoms with Crippen LogP contribution in [0.25, 0.3) is 45.6 Å². The molecule has 2 unspecified atom stereocenters. The Bertz CT molecular complexity index is 3400. The Morgan fingerprint density at radius 1 is 0.712 bits per heavy atom. The fourth-order valence-corrected chi connectivity index (χ4v) is 8.48. The van der Waals surface area contributed by atoms with E-state index in [4.69, 9.17) is 19.6 Å². The summed E-state index contributed by atoms with van der Waals surface area (Å²) >= 11 is 0. The first kappa shape index (κ1) is 42.5. The Balaban J connectivity index is 0.918. The lowest BCUT2D eigenvalue weighted by Crippen LogP contribution is -2.36. The van der Waals surface area contributed by atoms with Gasteiger partial charge in [0.25, 0.3) is 5.91 Å². The highest BCUT2D eigenvalue weighted by Crippen LogP contribution is 2.44. The van der Waals surface area contributed by atoms with Crippen LogP contribution in [0.1, 0.15) is 71.0 Å². The van der Waals surface area contributed by atoms with Crippen molar-refractivity contribution in [2.45, 2.75) is 31.6 Å². The molecule has 16 heteroatoms. The molecule has 0 saturated carbocycles. The van der Waals surface area contributed by atoms with Gasteiger partial charge in [0.1, 0.15) is 34.7 Å². The first-order valence-electron chi connectivity index (χ1n) is 20.5. The van der Waals surface area contributed by atoms with Gasteiger partial charge in [0.15, 0.2) is 5.43 Å². The number of phenols is 1. The topological polar surface area (TPSA) is 265 Å². The summed E-state index contributed by atoms with van der Waals surface area (Å²) in [5, 5.41) is 48.3. The number of aromatic carboxylic acids is 3. The molecule has 2 atom stereocenters. The van der Waals surface area contributed by atoms with Gasteiger partial charge in [-0.2, -0.15) is 0 Å². The largest absolute Gasteiger partial charge is 0.507 e. The average Bonchev–Trinajstić information content (AvgIpc) is 3.77. The van der Waals surface area contributed by atoms with Gasteiger partial charge in [-0.15, -0.1) is 0 Å². The van der Waals surface area contributed by atoms with Crippen molar-refractivity contribution in [3.63, 3.8) is 0 Å². The zero-order valence-electron chi connectivity index (χ0n) is 34.5. The smallest absolute Gasteiger partial charge is 0.336 e. The van der Waals surface area contributed by atoms with E-state index in [0.717, 1.165) is 6.07 Å². The van der Waals surface area contributed by atoms with Crippen LogP contribution in [0.15, 0.2) is 112 Å². The van der Waals surface area contributed by atoms with Crippen LogP contribution in [0.2, 0.25) is 0 Å². The van der Waals surface area contributed by atoms with Crippen molar-refractivity contribution in [1.29, 1.82) is 0 Å². The van der Waals surface area contributed by atoms with Crippen molar-refractivity contribution < 1.29 is 58.3 Å².